The molecule has 6 rings (SSSR count). The zero-order chi connectivity index (χ0) is 34.2. The molecule has 252 valence electrons. The first kappa shape index (κ1) is 33.1. The number of rotatable bonds is 8. The summed E-state index contributed by atoms with van der Waals surface area (Å²) in [5, 5.41) is 11.9. The quantitative estimate of drug-likeness (QED) is 0.244. The Kier molecular flexibility index (Phi) is 8.96. The van der Waals surface area contributed by atoms with E-state index in [1.807, 2.05) is 4.90 Å². The Balaban J connectivity index is 1.45. The van der Waals surface area contributed by atoms with Crippen LogP contribution in [0, 0.1) is 11.6 Å². The summed E-state index contributed by atoms with van der Waals surface area (Å²) in [6.45, 7) is -0.378. The molecule has 0 saturated carbocycles. The SMILES string of the molecule is O=C(O)NC(Cn1c(=O)c2c(n(Cc3c(F)cccc3C(F)(F)F)c1=O)COC21CCN(Cc2cccc(F)c2)CC1)c1ccccc1. The number of benzene rings is 3. The monoisotopic (exact) mass is 670 g/mol. The number of amides is 1. The third kappa shape index (κ3) is 6.49. The number of aromatic nitrogens is 2. The number of nitrogens with zero attached hydrogens (tertiary/aromatic N) is 3. The molecule has 1 amide bonds. The van der Waals surface area contributed by atoms with Crippen LogP contribution in [0.2, 0.25) is 0 Å². The molecule has 48 heavy (non-hydrogen) atoms. The maximum absolute atomic E-state index is 15.1. The molecule has 2 N–H and O–H groups in total. The molecule has 0 aliphatic carbocycles. The van der Waals surface area contributed by atoms with Crippen molar-refractivity contribution in [3.8, 4) is 0 Å². The molecule has 1 aromatic heterocycles. The number of ether oxygens (including phenoxy) is 1. The van der Waals surface area contributed by atoms with Crippen molar-refractivity contribution in [3.63, 3.8) is 0 Å². The summed E-state index contributed by atoms with van der Waals surface area (Å²) in [6.07, 6.45) is -5.82. The molecule has 0 radical (unpaired) electrons. The lowest BCUT2D eigenvalue weighted by molar-refractivity contribution is -0.138. The van der Waals surface area contributed by atoms with Gasteiger partial charge in [-0.1, -0.05) is 48.5 Å². The highest BCUT2D eigenvalue weighted by molar-refractivity contribution is 5.65. The molecule has 1 unspecified atom stereocenters. The van der Waals surface area contributed by atoms with E-state index in [9.17, 15) is 37.1 Å². The average molecular weight is 671 g/mol. The highest BCUT2D eigenvalue weighted by atomic mass is 19.4. The number of carbonyl (C=O) groups is 1. The van der Waals surface area contributed by atoms with E-state index in [0.717, 1.165) is 26.8 Å². The van der Waals surface area contributed by atoms with Gasteiger partial charge in [-0.25, -0.2) is 18.4 Å². The normalized spacial score (nSPS) is 16.5. The Morgan fingerprint density at radius 1 is 0.938 bits per heavy atom. The number of likely N-dealkylation sites (tertiary alicyclic amines) is 1. The van der Waals surface area contributed by atoms with Crippen molar-refractivity contribution in [2.24, 2.45) is 0 Å². The number of halogens is 5. The van der Waals surface area contributed by atoms with E-state index in [1.54, 1.807) is 42.5 Å². The Hall–Kier alpha value is -4.82. The van der Waals surface area contributed by atoms with Gasteiger partial charge >= 0.3 is 18.0 Å². The fraction of sp³-hybridized carbons (Fsp3) is 0.324. The van der Waals surface area contributed by atoms with Crippen molar-refractivity contribution in [2.45, 2.75) is 56.9 Å². The van der Waals surface area contributed by atoms with Gasteiger partial charge in [0, 0.05) is 25.2 Å². The Bertz CT molecular complexity index is 1950. The number of piperidine rings is 1. The van der Waals surface area contributed by atoms with E-state index >= 15 is 4.39 Å². The Labute approximate surface area is 270 Å². The van der Waals surface area contributed by atoms with Gasteiger partial charge in [0.15, 0.2) is 0 Å². The second-order valence-electron chi connectivity index (χ2n) is 12.0. The molecule has 2 aliphatic rings. The number of nitrogens with one attached hydrogen (secondary N) is 1. The largest absolute Gasteiger partial charge is 0.465 e. The van der Waals surface area contributed by atoms with Crippen LogP contribution in [0.4, 0.5) is 26.7 Å². The second-order valence-corrected chi connectivity index (χ2v) is 12.0. The van der Waals surface area contributed by atoms with Gasteiger partial charge in [0.05, 0.1) is 42.6 Å². The van der Waals surface area contributed by atoms with Gasteiger partial charge in [0.1, 0.15) is 17.2 Å². The van der Waals surface area contributed by atoms with Crippen LogP contribution >= 0.6 is 0 Å². The van der Waals surface area contributed by atoms with Crippen LogP contribution in [-0.4, -0.2) is 38.3 Å². The summed E-state index contributed by atoms with van der Waals surface area (Å²) in [5.41, 5.74) is -3.78. The van der Waals surface area contributed by atoms with E-state index in [1.165, 1.54) is 12.1 Å². The zero-order valence-corrected chi connectivity index (χ0v) is 25.5. The number of hydrogen-bond acceptors (Lipinski definition) is 5. The van der Waals surface area contributed by atoms with Gasteiger partial charge in [-0.05, 0) is 48.2 Å². The van der Waals surface area contributed by atoms with Crippen LogP contribution < -0.4 is 16.6 Å². The van der Waals surface area contributed by atoms with Crippen molar-refractivity contribution in [1.29, 1.82) is 0 Å². The summed E-state index contributed by atoms with van der Waals surface area (Å²) in [7, 11) is 0. The van der Waals surface area contributed by atoms with E-state index in [0.29, 0.717) is 31.3 Å². The topological polar surface area (TPSA) is 106 Å². The van der Waals surface area contributed by atoms with E-state index in [2.05, 4.69) is 5.32 Å². The van der Waals surface area contributed by atoms with E-state index in [-0.39, 0.29) is 36.5 Å². The summed E-state index contributed by atoms with van der Waals surface area (Å²) >= 11 is 0. The molecule has 1 saturated heterocycles. The highest BCUT2D eigenvalue weighted by Gasteiger charge is 2.47. The first-order valence-corrected chi connectivity index (χ1v) is 15.2. The summed E-state index contributed by atoms with van der Waals surface area (Å²) in [6, 6.07) is 15.8. The molecule has 1 fully saturated rings. The molecular weight excluding hydrogens is 639 g/mol. The van der Waals surface area contributed by atoms with Crippen molar-refractivity contribution in [3.05, 3.63) is 139 Å². The second kappa shape index (κ2) is 13.0. The average Bonchev–Trinajstić information content (AvgIpc) is 3.40. The Morgan fingerprint density at radius 2 is 1.65 bits per heavy atom. The van der Waals surface area contributed by atoms with E-state index < -0.39 is 65.2 Å². The lowest BCUT2D eigenvalue weighted by Gasteiger charge is -2.39. The van der Waals surface area contributed by atoms with Gasteiger partial charge < -0.3 is 15.2 Å². The third-order valence-corrected chi connectivity index (χ3v) is 9.04. The fourth-order valence-corrected chi connectivity index (χ4v) is 6.71. The molecule has 4 aromatic rings. The van der Waals surface area contributed by atoms with Gasteiger partial charge in [0.2, 0.25) is 0 Å². The van der Waals surface area contributed by atoms with Crippen LogP contribution in [-0.2, 0) is 42.8 Å². The number of alkyl halides is 3. The lowest BCUT2D eigenvalue weighted by Crippen LogP contribution is -2.50. The van der Waals surface area contributed by atoms with Crippen LogP contribution in [0.15, 0.2) is 82.4 Å². The van der Waals surface area contributed by atoms with Gasteiger partial charge in [-0.3, -0.25) is 18.8 Å². The van der Waals surface area contributed by atoms with Crippen LogP contribution in [0.5, 0.6) is 0 Å². The van der Waals surface area contributed by atoms with Crippen LogP contribution in [0.1, 0.15) is 52.4 Å². The minimum Gasteiger partial charge on any atom is -0.465 e. The number of hydrogen-bond donors (Lipinski definition) is 2. The molecule has 14 heteroatoms. The number of carboxylic acid groups (broad SMARTS) is 1. The molecule has 3 aromatic carbocycles. The molecule has 0 bridgehead atoms. The standard InChI is InChI=1S/C34H31F5N4O5/c35-23-9-4-6-21(16-23)17-41-14-12-33(13-15-41)29-28(20-48-33)42(18-24-25(34(37,38)39)10-5-11-26(24)36)32(47)43(30(29)44)19-27(40-31(45)46)22-7-2-1-3-8-22/h1-11,16,27,40H,12-15,17-20H2,(H,45,46). The molecule has 1 atom stereocenters. The molecule has 9 nitrogen and oxygen atoms in total. The zero-order valence-electron chi connectivity index (χ0n) is 25.5. The smallest absolute Gasteiger partial charge is 0.416 e. The maximum atomic E-state index is 15.1. The van der Waals surface area contributed by atoms with E-state index in [4.69, 9.17) is 4.74 Å². The first-order valence-electron chi connectivity index (χ1n) is 15.2. The molecule has 2 aliphatic heterocycles. The minimum absolute atomic E-state index is 0.0404. The summed E-state index contributed by atoms with van der Waals surface area (Å²) in [5.74, 6) is -1.56. The van der Waals surface area contributed by atoms with Crippen molar-refractivity contribution in [2.75, 3.05) is 13.1 Å². The molecule has 1 spiro atoms. The maximum Gasteiger partial charge on any atom is 0.416 e. The first-order chi connectivity index (χ1) is 22.9. The third-order valence-electron chi connectivity index (χ3n) is 9.04. The van der Waals surface area contributed by atoms with Crippen molar-refractivity contribution >= 4 is 6.09 Å². The summed E-state index contributed by atoms with van der Waals surface area (Å²) < 4.78 is 78.9. The Morgan fingerprint density at radius 3 is 2.31 bits per heavy atom. The van der Waals surface area contributed by atoms with Gasteiger partial charge in [-0.2, -0.15) is 13.2 Å². The van der Waals surface area contributed by atoms with Crippen molar-refractivity contribution < 1.29 is 36.6 Å². The van der Waals surface area contributed by atoms with Gasteiger partial charge in [0.25, 0.3) is 5.56 Å². The predicted octanol–water partition coefficient (Wildman–Crippen LogP) is 5.39. The number of fused-ring (bicyclic) bond motifs is 2. The molecule has 3 heterocycles. The highest BCUT2D eigenvalue weighted by Crippen LogP contribution is 2.43. The predicted molar refractivity (Wildman–Crippen MR) is 163 cm³/mol. The lowest BCUT2D eigenvalue weighted by atomic mass is 9.85. The fourth-order valence-electron chi connectivity index (χ4n) is 6.71. The van der Waals surface area contributed by atoms with Crippen molar-refractivity contribution in [1.82, 2.24) is 19.4 Å². The van der Waals surface area contributed by atoms with Crippen LogP contribution in [0.3, 0.4) is 0 Å². The summed E-state index contributed by atoms with van der Waals surface area (Å²) in [4.78, 5) is 42.2. The molecular formula is C34H31F5N4O5. The van der Waals surface area contributed by atoms with Crippen LogP contribution in [0.25, 0.3) is 0 Å². The van der Waals surface area contributed by atoms with Gasteiger partial charge in [-0.15, -0.1) is 0 Å². The minimum atomic E-state index is -4.94.